The van der Waals surface area contributed by atoms with E-state index >= 15 is 0 Å². The molecular formula is C18H20F7N3S. The first-order valence-corrected chi connectivity index (χ1v) is 9.18. The summed E-state index contributed by atoms with van der Waals surface area (Å²) in [6, 6.07) is 3.55. The van der Waals surface area contributed by atoms with Crippen LogP contribution in [0.1, 0.15) is 20.3 Å². The van der Waals surface area contributed by atoms with Crippen LogP contribution in [0.15, 0.2) is 53.6 Å². The highest BCUT2D eigenvalue weighted by molar-refractivity contribution is 8.13. The number of alkyl halides is 7. The number of hydrogen-bond acceptors (Lipinski definition) is 4. The average Bonchev–Trinajstić information content (AvgIpc) is 2.63. The van der Waals surface area contributed by atoms with E-state index in [0.717, 1.165) is 5.69 Å². The van der Waals surface area contributed by atoms with E-state index in [-0.39, 0.29) is 5.04 Å². The zero-order valence-corrected chi connectivity index (χ0v) is 16.7. The number of rotatable bonds is 7. The van der Waals surface area contributed by atoms with Crippen LogP contribution < -0.4 is 4.90 Å². The van der Waals surface area contributed by atoms with Gasteiger partial charge in [0.1, 0.15) is 0 Å². The fraction of sp³-hybridized carbons (Fsp3) is 0.444. The van der Waals surface area contributed by atoms with Crippen LogP contribution in [0.5, 0.6) is 0 Å². The summed E-state index contributed by atoms with van der Waals surface area (Å²) in [5, 5.41) is 0.188. The minimum atomic E-state index is -6.04. The molecule has 1 aromatic rings. The summed E-state index contributed by atoms with van der Waals surface area (Å²) in [5.41, 5.74) is -3.31. The predicted molar refractivity (Wildman–Crippen MR) is 102 cm³/mol. The molecule has 0 spiro atoms. The molecule has 0 aliphatic carbocycles. The highest BCUT2D eigenvalue weighted by Crippen LogP contribution is 2.48. The first kappa shape index (κ1) is 25.0. The highest BCUT2D eigenvalue weighted by Gasteiger charge is 2.71. The van der Waals surface area contributed by atoms with Gasteiger partial charge in [-0.2, -0.15) is 26.3 Å². The van der Waals surface area contributed by atoms with E-state index in [9.17, 15) is 30.7 Å². The molecule has 0 fully saturated rings. The zero-order valence-electron chi connectivity index (χ0n) is 15.9. The summed E-state index contributed by atoms with van der Waals surface area (Å²) in [6.45, 7) is 7.01. The van der Waals surface area contributed by atoms with Gasteiger partial charge in [0, 0.05) is 37.3 Å². The molecule has 162 valence electrons. The minimum Gasteiger partial charge on any atom is -0.344 e. The van der Waals surface area contributed by atoms with Gasteiger partial charge >= 0.3 is 12.4 Å². The number of hydrogen-bond donors (Lipinski definition) is 0. The number of halogens is 7. The number of pyridine rings is 1. The van der Waals surface area contributed by atoms with Crippen molar-refractivity contribution in [3.63, 3.8) is 0 Å². The SMILES string of the molecule is C=C(/C(C)=C/N=C(\C)SCCC(F)(C(F)(F)F)C(F)(F)F)N(C)c1cccnc1. The fourth-order valence-corrected chi connectivity index (χ4v) is 2.86. The number of allylic oxidation sites excluding steroid dienone is 1. The van der Waals surface area contributed by atoms with Gasteiger partial charge in [-0.25, -0.2) is 4.39 Å². The lowest BCUT2D eigenvalue weighted by Crippen LogP contribution is -2.53. The Hall–Kier alpha value is -2.04. The van der Waals surface area contributed by atoms with Crippen molar-refractivity contribution in [3.05, 3.63) is 48.6 Å². The molecule has 1 heterocycles. The van der Waals surface area contributed by atoms with Gasteiger partial charge in [-0.1, -0.05) is 6.58 Å². The maximum atomic E-state index is 13.6. The normalized spacial score (nSPS) is 14.1. The second kappa shape index (κ2) is 9.64. The summed E-state index contributed by atoms with van der Waals surface area (Å²) in [5.74, 6) is -0.742. The molecule has 29 heavy (non-hydrogen) atoms. The molecule has 0 saturated carbocycles. The lowest BCUT2D eigenvalue weighted by molar-refractivity contribution is -0.341. The van der Waals surface area contributed by atoms with Gasteiger partial charge in [-0.15, -0.1) is 11.8 Å². The lowest BCUT2D eigenvalue weighted by Gasteiger charge is -2.29. The van der Waals surface area contributed by atoms with Crippen molar-refractivity contribution in [2.45, 2.75) is 38.3 Å². The van der Waals surface area contributed by atoms with Crippen LogP contribution in [-0.2, 0) is 0 Å². The number of aliphatic imine (C=N–C) groups is 1. The van der Waals surface area contributed by atoms with Crippen molar-refractivity contribution in [1.82, 2.24) is 4.98 Å². The summed E-state index contributed by atoms with van der Waals surface area (Å²) < 4.78 is 88.7. The topological polar surface area (TPSA) is 28.5 Å². The van der Waals surface area contributed by atoms with Gasteiger partial charge in [0.05, 0.1) is 16.9 Å². The van der Waals surface area contributed by atoms with E-state index in [1.807, 2.05) is 0 Å². The van der Waals surface area contributed by atoms with Crippen molar-refractivity contribution in [1.29, 1.82) is 0 Å². The van der Waals surface area contributed by atoms with E-state index in [2.05, 4.69) is 16.6 Å². The van der Waals surface area contributed by atoms with Crippen molar-refractivity contribution in [2.24, 2.45) is 4.99 Å². The van der Waals surface area contributed by atoms with Crippen LogP contribution in [0.2, 0.25) is 0 Å². The maximum absolute atomic E-state index is 13.6. The smallest absolute Gasteiger partial charge is 0.344 e. The van der Waals surface area contributed by atoms with Crippen LogP contribution >= 0.6 is 11.8 Å². The third-order valence-electron chi connectivity index (χ3n) is 3.99. The Kier molecular flexibility index (Phi) is 8.31. The molecule has 3 nitrogen and oxygen atoms in total. The molecule has 0 saturated heterocycles. The molecule has 0 bridgehead atoms. The average molecular weight is 443 g/mol. The second-order valence-electron chi connectivity index (χ2n) is 6.07. The summed E-state index contributed by atoms with van der Waals surface area (Å²) in [4.78, 5) is 9.72. The van der Waals surface area contributed by atoms with Crippen LogP contribution in [-0.4, -0.2) is 40.8 Å². The molecule has 0 radical (unpaired) electrons. The van der Waals surface area contributed by atoms with Crippen molar-refractivity contribution >= 4 is 22.5 Å². The van der Waals surface area contributed by atoms with Crippen LogP contribution in [0.25, 0.3) is 0 Å². The summed E-state index contributed by atoms with van der Waals surface area (Å²) in [7, 11) is 1.75. The Morgan fingerprint density at radius 1 is 1.17 bits per heavy atom. The first-order chi connectivity index (χ1) is 13.2. The third-order valence-corrected chi connectivity index (χ3v) is 4.92. The Balaban J connectivity index is 2.74. The second-order valence-corrected chi connectivity index (χ2v) is 7.36. The van der Waals surface area contributed by atoms with Gasteiger partial charge < -0.3 is 4.90 Å². The molecule has 0 N–H and O–H groups in total. The third kappa shape index (κ3) is 6.48. The summed E-state index contributed by atoms with van der Waals surface area (Å²) in [6.07, 6.45) is -9.22. The maximum Gasteiger partial charge on any atom is 0.431 e. The fourth-order valence-electron chi connectivity index (χ4n) is 2.06. The number of anilines is 1. The van der Waals surface area contributed by atoms with Gasteiger partial charge in [0.15, 0.2) is 0 Å². The van der Waals surface area contributed by atoms with E-state index in [4.69, 9.17) is 0 Å². The quantitative estimate of drug-likeness (QED) is 0.214. The van der Waals surface area contributed by atoms with Gasteiger partial charge in [0.25, 0.3) is 5.67 Å². The van der Waals surface area contributed by atoms with Gasteiger partial charge in [-0.3, -0.25) is 9.98 Å². The lowest BCUT2D eigenvalue weighted by atomic mass is 10.0. The summed E-state index contributed by atoms with van der Waals surface area (Å²) >= 11 is 0.606. The Bertz CT molecular complexity index is 741. The van der Waals surface area contributed by atoms with E-state index in [1.54, 1.807) is 43.4 Å². The predicted octanol–water partition coefficient (Wildman–Crippen LogP) is 6.31. The van der Waals surface area contributed by atoms with Crippen LogP contribution in [0.4, 0.5) is 36.4 Å². The Morgan fingerprint density at radius 2 is 1.76 bits per heavy atom. The van der Waals surface area contributed by atoms with Crippen molar-refractivity contribution in [3.8, 4) is 0 Å². The largest absolute Gasteiger partial charge is 0.431 e. The number of likely N-dealkylation sites (N-methyl/N-ethyl adjacent to an activating group) is 1. The molecule has 11 heteroatoms. The van der Waals surface area contributed by atoms with Gasteiger partial charge in [0.2, 0.25) is 0 Å². The molecular weight excluding hydrogens is 423 g/mol. The molecule has 0 amide bonds. The zero-order chi connectivity index (χ0) is 22.5. The molecule has 0 unspecified atom stereocenters. The van der Waals surface area contributed by atoms with E-state index in [0.29, 0.717) is 23.0 Å². The van der Waals surface area contributed by atoms with Crippen LogP contribution in [0.3, 0.4) is 0 Å². The molecule has 0 aliphatic rings. The molecule has 1 rings (SSSR count). The Labute approximate surface area is 168 Å². The van der Waals surface area contributed by atoms with E-state index < -0.39 is 30.2 Å². The monoisotopic (exact) mass is 443 g/mol. The van der Waals surface area contributed by atoms with Gasteiger partial charge in [-0.05, 0) is 31.6 Å². The minimum absolute atomic E-state index is 0.188. The highest BCUT2D eigenvalue weighted by atomic mass is 32.2. The van der Waals surface area contributed by atoms with Crippen LogP contribution in [0, 0.1) is 0 Å². The first-order valence-electron chi connectivity index (χ1n) is 8.20. The molecule has 0 atom stereocenters. The van der Waals surface area contributed by atoms with E-state index in [1.165, 1.54) is 13.1 Å². The van der Waals surface area contributed by atoms with Crippen molar-refractivity contribution < 1.29 is 30.7 Å². The number of nitrogens with zero attached hydrogens (tertiary/aromatic N) is 3. The van der Waals surface area contributed by atoms with Crippen molar-refractivity contribution in [2.75, 3.05) is 17.7 Å². The molecule has 1 aromatic heterocycles. The Morgan fingerprint density at radius 3 is 2.24 bits per heavy atom. The standard InChI is InChI=1S/C18H20F7N3S/c1-12(13(2)28(4)15-6-5-8-26-11-15)10-27-14(3)29-9-7-16(19,17(20,21)22)18(23,24)25/h5-6,8,10-11H,2,7,9H2,1,3-4H3/b12-10+,27-14+. The number of thioether (sulfide) groups is 1. The molecule has 0 aromatic carbocycles. The number of aromatic nitrogens is 1. The molecule has 0 aliphatic heterocycles.